The fourth-order valence-corrected chi connectivity index (χ4v) is 2.67. The molecule has 0 spiro atoms. The summed E-state index contributed by atoms with van der Waals surface area (Å²) in [5.74, 6) is 1.69. The van der Waals surface area contributed by atoms with Gasteiger partial charge in [-0.15, -0.1) is 0 Å². The highest BCUT2D eigenvalue weighted by molar-refractivity contribution is 4.87. The first-order chi connectivity index (χ1) is 9.16. The van der Waals surface area contributed by atoms with E-state index < -0.39 is 0 Å². The van der Waals surface area contributed by atoms with Gasteiger partial charge in [0.15, 0.2) is 0 Å². The molecule has 0 aliphatic carbocycles. The van der Waals surface area contributed by atoms with Crippen LogP contribution in [0, 0.1) is 5.92 Å². The van der Waals surface area contributed by atoms with E-state index in [-0.39, 0.29) is 0 Å². The van der Waals surface area contributed by atoms with Crippen LogP contribution in [0.2, 0.25) is 0 Å². The number of hydrogen-bond donors (Lipinski definition) is 2. The number of rotatable bonds is 6. The third-order valence-corrected chi connectivity index (χ3v) is 3.98. The third kappa shape index (κ3) is 4.30. The third-order valence-electron chi connectivity index (χ3n) is 3.98. The van der Waals surface area contributed by atoms with Gasteiger partial charge in [-0.25, -0.2) is 4.98 Å². The van der Waals surface area contributed by atoms with Gasteiger partial charge in [0.2, 0.25) is 0 Å². The Morgan fingerprint density at radius 2 is 2.05 bits per heavy atom. The normalized spacial score (nSPS) is 20.0. The Morgan fingerprint density at radius 1 is 1.32 bits per heavy atom. The molecule has 1 fully saturated rings. The highest BCUT2D eigenvalue weighted by atomic mass is 15.3. The van der Waals surface area contributed by atoms with E-state index in [1.165, 1.54) is 26.2 Å². The maximum Gasteiger partial charge on any atom is 0.120 e. The number of H-pyrrole nitrogens is 1. The van der Waals surface area contributed by atoms with Crippen LogP contribution in [0.25, 0.3) is 0 Å². The fraction of sp³-hybridized carbons (Fsp3) is 0.786. The van der Waals surface area contributed by atoms with Crippen LogP contribution in [0.5, 0.6) is 0 Å². The summed E-state index contributed by atoms with van der Waals surface area (Å²) in [5, 5.41) is 3.53. The second kappa shape index (κ2) is 7.03. The average Bonchev–Trinajstić information content (AvgIpc) is 2.89. The summed E-state index contributed by atoms with van der Waals surface area (Å²) < 4.78 is 0. The fourth-order valence-electron chi connectivity index (χ4n) is 2.67. The largest absolute Gasteiger partial charge is 0.348 e. The first kappa shape index (κ1) is 14.5. The molecule has 108 valence electrons. The molecule has 1 atom stereocenters. The summed E-state index contributed by atoms with van der Waals surface area (Å²) >= 11 is 0. The van der Waals surface area contributed by atoms with Crippen LogP contribution in [0.1, 0.15) is 19.7 Å². The Balaban J connectivity index is 1.79. The first-order valence-electron chi connectivity index (χ1n) is 7.28. The summed E-state index contributed by atoms with van der Waals surface area (Å²) in [7, 11) is 2.21. The Hall–Kier alpha value is -0.910. The van der Waals surface area contributed by atoms with Crippen LogP contribution in [0.15, 0.2) is 12.4 Å². The summed E-state index contributed by atoms with van der Waals surface area (Å²) in [4.78, 5) is 12.4. The van der Waals surface area contributed by atoms with Crippen molar-refractivity contribution in [2.75, 3.05) is 39.8 Å². The standard InChI is InChI=1S/C14H27N5/c1-12(2)13(19-8-6-18(3)7-9-19)10-15-11-14-16-4-5-17-14/h4-5,12-13,15H,6-11H2,1-3H3,(H,16,17). The topological polar surface area (TPSA) is 47.2 Å². The number of aromatic nitrogens is 2. The molecule has 1 aliphatic heterocycles. The van der Waals surface area contributed by atoms with Gasteiger partial charge < -0.3 is 15.2 Å². The molecule has 1 unspecified atom stereocenters. The van der Waals surface area contributed by atoms with Gasteiger partial charge in [-0.1, -0.05) is 13.8 Å². The van der Waals surface area contributed by atoms with Crippen molar-refractivity contribution in [3.63, 3.8) is 0 Å². The number of aromatic amines is 1. The lowest BCUT2D eigenvalue weighted by Crippen LogP contribution is -2.53. The molecule has 5 heteroatoms. The molecule has 19 heavy (non-hydrogen) atoms. The molecular weight excluding hydrogens is 238 g/mol. The molecule has 1 aromatic rings. The van der Waals surface area contributed by atoms with Crippen molar-refractivity contribution in [1.82, 2.24) is 25.1 Å². The zero-order valence-electron chi connectivity index (χ0n) is 12.4. The van der Waals surface area contributed by atoms with E-state index in [1.54, 1.807) is 6.20 Å². The van der Waals surface area contributed by atoms with E-state index in [1.807, 2.05) is 6.20 Å². The number of imidazole rings is 1. The zero-order valence-corrected chi connectivity index (χ0v) is 12.4. The minimum atomic E-state index is 0.615. The Kier molecular flexibility index (Phi) is 5.36. The van der Waals surface area contributed by atoms with Gasteiger partial charge in [0.25, 0.3) is 0 Å². The molecule has 1 aliphatic rings. The second-order valence-corrected chi connectivity index (χ2v) is 5.82. The van der Waals surface area contributed by atoms with E-state index in [9.17, 15) is 0 Å². The Bertz CT molecular complexity index is 341. The van der Waals surface area contributed by atoms with E-state index >= 15 is 0 Å². The number of likely N-dealkylation sites (N-methyl/N-ethyl adjacent to an activating group) is 1. The lowest BCUT2D eigenvalue weighted by molar-refractivity contribution is 0.0874. The number of piperazine rings is 1. The van der Waals surface area contributed by atoms with Crippen LogP contribution < -0.4 is 5.32 Å². The van der Waals surface area contributed by atoms with Crippen molar-refractivity contribution >= 4 is 0 Å². The van der Waals surface area contributed by atoms with Crippen molar-refractivity contribution in [2.24, 2.45) is 5.92 Å². The highest BCUT2D eigenvalue weighted by Gasteiger charge is 2.24. The van der Waals surface area contributed by atoms with Gasteiger partial charge in [-0.3, -0.25) is 4.90 Å². The maximum absolute atomic E-state index is 4.24. The molecule has 0 bridgehead atoms. The van der Waals surface area contributed by atoms with Crippen molar-refractivity contribution in [2.45, 2.75) is 26.4 Å². The molecule has 0 aromatic carbocycles. The molecule has 2 N–H and O–H groups in total. The van der Waals surface area contributed by atoms with Gasteiger partial charge in [0.05, 0.1) is 6.54 Å². The molecule has 2 rings (SSSR count). The molecule has 5 nitrogen and oxygen atoms in total. The SMILES string of the molecule is CC(C)C(CNCc1ncc[nH]1)N1CCN(C)CC1. The van der Waals surface area contributed by atoms with Crippen LogP contribution in [0.4, 0.5) is 0 Å². The first-order valence-corrected chi connectivity index (χ1v) is 7.28. The second-order valence-electron chi connectivity index (χ2n) is 5.82. The van der Waals surface area contributed by atoms with Crippen molar-refractivity contribution < 1.29 is 0 Å². The van der Waals surface area contributed by atoms with Crippen LogP contribution in [0.3, 0.4) is 0 Å². The van der Waals surface area contributed by atoms with Crippen molar-refractivity contribution in [3.8, 4) is 0 Å². The minimum Gasteiger partial charge on any atom is -0.348 e. The van der Waals surface area contributed by atoms with E-state index in [4.69, 9.17) is 0 Å². The molecule has 0 amide bonds. The number of hydrogen-bond acceptors (Lipinski definition) is 4. The van der Waals surface area contributed by atoms with Crippen LogP contribution in [-0.4, -0.2) is 65.6 Å². The van der Waals surface area contributed by atoms with Crippen LogP contribution >= 0.6 is 0 Å². The van der Waals surface area contributed by atoms with Gasteiger partial charge in [-0.05, 0) is 13.0 Å². The lowest BCUT2D eigenvalue weighted by Gasteiger charge is -2.40. The van der Waals surface area contributed by atoms with Crippen LogP contribution in [-0.2, 0) is 6.54 Å². The zero-order chi connectivity index (χ0) is 13.7. The lowest BCUT2D eigenvalue weighted by atomic mass is 10.0. The quantitative estimate of drug-likeness (QED) is 0.798. The number of nitrogens with zero attached hydrogens (tertiary/aromatic N) is 3. The number of nitrogens with one attached hydrogen (secondary N) is 2. The molecule has 2 heterocycles. The Labute approximate surface area is 116 Å². The predicted octanol–water partition coefficient (Wildman–Crippen LogP) is 0.771. The Morgan fingerprint density at radius 3 is 2.63 bits per heavy atom. The smallest absolute Gasteiger partial charge is 0.120 e. The van der Waals surface area contributed by atoms with E-state index in [0.29, 0.717) is 12.0 Å². The molecule has 0 radical (unpaired) electrons. The van der Waals surface area contributed by atoms with Gasteiger partial charge in [0, 0.05) is 51.2 Å². The van der Waals surface area contributed by atoms with Gasteiger partial charge >= 0.3 is 0 Å². The molecule has 1 saturated heterocycles. The maximum atomic E-state index is 4.24. The molecule has 1 aromatic heterocycles. The highest BCUT2D eigenvalue weighted by Crippen LogP contribution is 2.12. The summed E-state index contributed by atoms with van der Waals surface area (Å²) in [6.45, 7) is 11.2. The van der Waals surface area contributed by atoms with Crippen molar-refractivity contribution in [3.05, 3.63) is 18.2 Å². The van der Waals surface area contributed by atoms with Gasteiger partial charge in [0.1, 0.15) is 5.82 Å². The predicted molar refractivity (Wildman–Crippen MR) is 78.0 cm³/mol. The summed E-state index contributed by atoms with van der Waals surface area (Å²) in [6, 6.07) is 0.615. The molecule has 0 saturated carbocycles. The average molecular weight is 265 g/mol. The monoisotopic (exact) mass is 265 g/mol. The van der Waals surface area contributed by atoms with Gasteiger partial charge in [-0.2, -0.15) is 0 Å². The van der Waals surface area contributed by atoms with E-state index in [2.05, 4.69) is 46.0 Å². The minimum absolute atomic E-state index is 0.615. The summed E-state index contributed by atoms with van der Waals surface area (Å²) in [6.07, 6.45) is 3.68. The molecular formula is C14H27N5. The van der Waals surface area contributed by atoms with E-state index in [0.717, 1.165) is 18.9 Å². The van der Waals surface area contributed by atoms with Crippen molar-refractivity contribution in [1.29, 1.82) is 0 Å². The summed E-state index contributed by atoms with van der Waals surface area (Å²) in [5.41, 5.74) is 0.